The summed E-state index contributed by atoms with van der Waals surface area (Å²) in [4.78, 5) is 17.0. The molecule has 1 amide bonds. The third kappa shape index (κ3) is 5.33. The lowest BCUT2D eigenvalue weighted by atomic mass is 9.99. The molecule has 1 heterocycles. The van der Waals surface area contributed by atoms with E-state index >= 15 is 0 Å². The number of benzene rings is 2. The summed E-state index contributed by atoms with van der Waals surface area (Å²) in [5.74, 6) is 0.744. The highest BCUT2D eigenvalue weighted by molar-refractivity contribution is 6.31. The van der Waals surface area contributed by atoms with E-state index in [1.54, 1.807) is 6.08 Å². The van der Waals surface area contributed by atoms with Gasteiger partial charge in [-0.2, -0.15) is 4.98 Å². The maximum atomic E-state index is 12.5. The quantitative estimate of drug-likeness (QED) is 0.514. The van der Waals surface area contributed by atoms with Crippen LogP contribution < -0.4 is 5.32 Å². The van der Waals surface area contributed by atoms with Crippen molar-refractivity contribution in [2.45, 2.75) is 33.2 Å². The van der Waals surface area contributed by atoms with Gasteiger partial charge in [0.1, 0.15) is 6.04 Å². The maximum absolute atomic E-state index is 12.5. The van der Waals surface area contributed by atoms with E-state index in [4.69, 9.17) is 16.1 Å². The number of nitrogens with zero attached hydrogens (tertiary/aromatic N) is 2. The van der Waals surface area contributed by atoms with Gasteiger partial charge in [0.2, 0.25) is 17.6 Å². The molecule has 3 rings (SSSR count). The minimum atomic E-state index is -0.380. The molecule has 2 aromatic carbocycles. The lowest BCUT2D eigenvalue weighted by molar-refractivity contribution is -0.117. The first-order valence-corrected chi connectivity index (χ1v) is 9.99. The summed E-state index contributed by atoms with van der Waals surface area (Å²) < 4.78 is 5.49. The average Bonchev–Trinajstić information content (AvgIpc) is 3.22. The van der Waals surface area contributed by atoms with E-state index in [-0.39, 0.29) is 17.9 Å². The average molecular weight is 410 g/mol. The van der Waals surface area contributed by atoms with Gasteiger partial charge in [-0.15, -0.1) is 0 Å². The molecule has 5 nitrogen and oxygen atoms in total. The van der Waals surface area contributed by atoms with Gasteiger partial charge in [-0.25, -0.2) is 0 Å². The Bertz CT molecular complexity index is 998. The molecule has 6 heteroatoms. The predicted octanol–water partition coefficient (Wildman–Crippen LogP) is 5.62. The zero-order chi connectivity index (χ0) is 20.8. The van der Waals surface area contributed by atoms with Crippen LogP contribution in [0.1, 0.15) is 43.3 Å². The smallest absolute Gasteiger partial charge is 0.249 e. The summed E-state index contributed by atoms with van der Waals surface area (Å²) in [6.45, 7) is 6.03. The molecule has 1 aromatic heterocycles. The number of aromatic nitrogens is 2. The third-order valence-electron chi connectivity index (χ3n) is 4.88. The van der Waals surface area contributed by atoms with Crippen LogP contribution in [-0.4, -0.2) is 16.0 Å². The molecule has 2 atom stereocenters. The molecule has 1 N–H and O–H groups in total. The van der Waals surface area contributed by atoms with Crippen LogP contribution in [0.2, 0.25) is 5.02 Å². The molecule has 0 aliphatic rings. The van der Waals surface area contributed by atoms with Crippen LogP contribution in [0.3, 0.4) is 0 Å². The van der Waals surface area contributed by atoms with Gasteiger partial charge < -0.3 is 9.84 Å². The number of rotatable bonds is 7. The SMILES string of the molecule is CCC(C)C(NC(=O)/C=C/c1ccccc1)c1nc(-c2ccc(C)c(Cl)c2)no1. The van der Waals surface area contributed by atoms with E-state index in [1.165, 1.54) is 6.08 Å². The molecule has 29 heavy (non-hydrogen) atoms. The second kappa shape index (κ2) is 9.52. The van der Waals surface area contributed by atoms with Gasteiger partial charge in [0.25, 0.3) is 0 Å². The first-order chi connectivity index (χ1) is 14.0. The summed E-state index contributed by atoms with van der Waals surface area (Å²) in [5.41, 5.74) is 2.71. The maximum Gasteiger partial charge on any atom is 0.249 e. The molecule has 3 aromatic rings. The molecule has 0 radical (unpaired) electrons. The Balaban J connectivity index is 1.78. The Morgan fingerprint density at radius 3 is 2.69 bits per heavy atom. The number of carbonyl (C=O) groups is 1. The molecule has 0 saturated carbocycles. The molecule has 2 unspecified atom stereocenters. The Kier molecular flexibility index (Phi) is 6.83. The molecule has 0 bridgehead atoms. The highest BCUT2D eigenvalue weighted by atomic mass is 35.5. The number of hydrogen-bond acceptors (Lipinski definition) is 4. The van der Waals surface area contributed by atoms with Crippen molar-refractivity contribution in [1.29, 1.82) is 0 Å². The van der Waals surface area contributed by atoms with Crippen molar-refractivity contribution in [1.82, 2.24) is 15.5 Å². The Hall–Kier alpha value is -2.92. The standard InChI is InChI=1S/C23H24ClN3O2/c1-4-15(2)21(25-20(28)13-11-17-8-6-5-7-9-17)23-26-22(27-29-23)18-12-10-16(3)19(24)14-18/h5-15,21H,4H2,1-3H3,(H,25,28)/b13-11+. The molecule has 0 aliphatic carbocycles. The van der Waals surface area contributed by atoms with Gasteiger partial charge in [0.15, 0.2) is 0 Å². The van der Waals surface area contributed by atoms with E-state index in [1.807, 2.05) is 62.4 Å². The Morgan fingerprint density at radius 1 is 1.24 bits per heavy atom. The molecular weight excluding hydrogens is 386 g/mol. The number of nitrogens with one attached hydrogen (secondary N) is 1. The van der Waals surface area contributed by atoms with Crippen LogP contribution in [0.5, 0.6) is 0 Å². The van der Waals surface area contributed by atoms with E-state index in [0.29, 0.717) is 16.7 Å². The van der Waals surface area contributed by atoms with Gasteiger partial charge in [0.05, 0.1) is 0 Å². The summed E-state index contributed by atoms with van der Waals surface area (Å²) in [6, 6.07) is 14.9. The third-order valence-corrected chi connectivity index (χ3v) is 5.28. The Morgan fingerprint density at radius 2 is 2.00 bits per heavy atom. The minimum Gasteiger partial charge on any atom is -0.340 e. The second-order valence-corrected chi connectivity index (χ2v) is 7.44. The fraction of sp³-hybridized carbons (Fsp3) is 0.261. The van der Waals surface area contributed by atoms with Crippen LogP contribution in [0.15, 0.2) is 59.1 Å². The molecule has 0 saturated heterocycles. The summed E-state index contributed by atoms with van der Waals surface area (Å²) in [6.07, 6.45) is 4.14. The Labute approximate surface area is 175 Å². The lowest BCUT2D eigenvalue weighted by Gasteiger charge is -2.19. The number of halogens is 1. The first kappa shape index (κ1) is 20.8. The molecular formula is C23H24ClN3O2. The summed E-state index contributed by atoms with van der Waals surface area (Å²) in [7, 11) is 0. The van der Waals surface area contributed by atoms with E-state index in [0.717, 1.165) is 23.1 Å². The predicted molar refractivity (Wildman–Crippen MR) is 115 cm³/mol. The van der Waals surface area contributed by atoms with Gasteiger partial charge >= 0.3 is 0 Å². The van der Waals surface area contributed by atoms with Gasteiger partial charge in [-0.1, -0.05) is 79.5 Å². The number of hydrogen-bond donors (Lipinski definition) is 1. The van der Waals surface area contributed by atoms with Crippen molar-refractivity contribution < 1.29 is 9.32 Å². The van der Waals surface area contributed by atoms with Crippen molar-refractivity contribution in [2.24, 2.45) is 5.92 Å². The zero-order valence-corrected chi connectivity index (χ0v) is 17.5. The highest BCUT2D eigenvalue weighted by Crippen LogP contribution is 2.27. The molecule has 150 valence electrons. The van der Waals surface area contributed by atoms with Crippen LogP contribution >= 0.6 is 11.6 Å². The fourth-order valence-corrected chi connectivity index (χ4v) is 3.01. The highest BCUT2D eigenvalue weighted by Gasteiger charge is 2.26. The lowest BCUT2D eigenvalue weighted by Crippen LogP contribution is -2.31. The van der Waals surface area contributed by atoms with Crippen molar-refractivity contribution in [3.8, 4) is 11.4 Å². The van der Waals surface area contributed by atoms with Crippen molar-refractivity contribution in [3.63, 3.8) is 0 Å². The summed E-state index contributed by atoms with van der Waals surface area (Å²) >= 11 is 6.21. The number of carbonyl (C=O) groups excluding carboxylic acids is 1. The van der Waals surface area contributed by atoms with Crippen LogP contribution in [-0.2, 0) is 4.79 Å². The van der Waals surface area contributed by atoms with Gasteiger partial charge in [0, 0.05) is 16.7 Å². The number of aryl methyl sites for hydroxylation is 1. The monoisotopic (exact) mass is 409 g/mol. The van der Waals surface area contributed by atoms with E-state index in [2.05, 4.69) is 22.4 Å². The number of amides is 1. The first-order valence-electron chi connectivity index (χ1n) is 9.61. The topological polar surface area (TPSA) is 68.0 Å². The molecule has 0 fully saturated rings. The zero-order valence-electron chi connectivity index (χ0n) is 16.7. The molecule has 0 aliphatic heterocycles. The molecule has 0 spiro atoms. The van der Waals surface area contributed by atoms with Crippen LogP contribution in [0.25, 0.3) is 17.5 Å². The van der Waals surface area contributed by atoms with Gasteiger partial charge in [-0.05, 0) is 36.1 Å². The van der Waals surface area contributed by atoms with Crippen LogP contribution in [0.4, 0.5) is 0 Å². The fourth-order valence-electron chi connectivity index (χ4n) is 2.83. The van der Waals surface area contributed by atoms with Crippen molar-refractivity contribution in [2.75, 3.05) is 0 Å². The van der Waals surface area contributed by atoms with Crippen molar-refractivity contribution in [3.05, 3.63) is 76.6 Å². The van der Waals surface area contributed by atoms with Crippen LogP contribution in [0, 0.1) is 12.8 Å². The summed E-state index contributed by atoms with van der Waals surface area (Å²) in [5, 5.41) is 7.72. The normalized spacial score (nSPS) is 13.4. The van der Waals surface area contributed by atoms with E-state index in [9.17, 15) is 4.79 Å². The minimum absolute atomic E-state index is 0.124. The van der Waals surface area contributed by atoms with E-state index < -0.39 is 0 Å². The van der Waals surface area contributed by atoms with Crippen molar-refractivity contribution >= 4 is 23.6 Å². The largest absolute Gasteiger partial charge is 0.340 e. The van der Waals surface area contributed by atoms with Gasteiger partial charge in [-0.3, -0.25) is 4.79 Å². The second-order valence-electron chi connectivity index (χ2n) is 7.04.